The van der Waals surface area contributed by atoms with Crippen LogP contribution in [0.4, 0.5) is 5.13 Å². The maximum atomic E-state index is 13.1. The van der Waals surface area contributed by atoms with Gasteiger partial charge in [0.15, 0.2) is 5.13 Å². The fraction of sp³-hybridized carbons (Fsp3) is 0.100. The number of nitrogens with zero attached hydrogens (tertiary/aromatic N) is 4. The van der Waals surface area contributed by atoms with Crippen LogP contribution in [0.2, 0.25) is 0 Å². The monoisotopic (exact) mass is 376 g/mol. The van der Waals surface area contributed by atoms with Gasteiger partial charge in [-0.15, -0.1) is 0 Å². The minimum atomic E-state index is -0.238. The Morgan fingerprint density at radius 2 is 2.00 bits per heavy atom. The number of aromatic nitrogens is 3. The number of hydrogen-bond acceptors (Lipinski definition) is 6. The topological polar surface area (TPSA) is 68.2 Å². The van der Waals surface area contributed by atoms with Crippen molar-refractivity contribution in [2.75, 3.05) is 12.0 Å². The SMILES string of the molecule is COc1ccc2sc(N(Cc3ccccc3)C(=O)c3cnccn3)nc2c1. The molecule has 2 aromatic heterocycles. The van der Waals surface area contributed by atoms with Gasteiger partial charge in [0.2, 0.25) is 0 Å². The normalized spacial score (nSPS) is 10.7. The van der Waals surface area contributed by atoms with E-state index >= 15 is 0 Å². The molecule has 1 amide bonds. The zero-order chi connectivity index (χ0) is 18.6. The zero-order valence-corrected chi connectivity index (χ0v) is 15.4. The van der Waals surface area contributed by atoms with Crippen LogP contribution in [0.1, 0.15) is 16.1 Å². The van der Waals surface area contributed by atoms with Crippen molar-refractivity contribution < 1.29 is 9.53 Å². The van der Waals surface area contributed by atoms with Crippen LogP contribution in [-0.4, -0.2) is 28.0 Å². The van der Waals surface area contributed by atoms with Crippen molar-refractivity contribution in [3.63, 3.8) is 0 Å². The average molecular weight is 376 g/mol. The van der Waals surface area contributed by atoms with Gasteiger partial charge < -0.3 is 4.74 Å². The number of ether oxygens (including phenoxy) is 1. The lowest BCUT2D eigenvalue weighted by Crippen LogP contribution is -2.31. The van der Waals surface area contributed by atoms with Crippen molar-refractivity contribution in [2.45, 2.75) is 6.54 Å². The maximum Gasteiger partial charge on any atom is 0.280 e. The van der Waals surface area contributed by atoms with Crippen molar-refractivity contribution in [2.24, 2.45) is 0 Å². The summed E-state index contributed by atoms with van der Waals surface area (Å²) in [5.74, 6) is 0.493. The van der Waals surface area contributed by atoms with E-state index < -0.39 is 0 Å². The smallest absolute Gasteiger partial charge is 0.280 e. The molecule has 0 spiro atoms. The predicted molar refractivity (Wildman–Crippen MR) is 105 cm³/mol. The third-order valence-corrected chi connectivity index (χ3v) is 5.08. The van der Waals surface area contributed by atoms with Gasteiger partial charge in [-0.2, -0.15) is 0 Å². The Labute approximate surface area is 160 Å². The molecule has 0 saturated heterocycles. The van der Waals surface area contributed by atoms with Crippen LogP contribution in [0.25, 0.3) is 10.2 Å². The van der Waals surface area contributed by atoms with Crippen LogP contribution in [0, 0.1) is 0 Å². The van der Waals surface area contributed by atoms with Crippen molar-refractivity contribution >= 4 is 32.6 Å². The number of rotatable bonds is 5. The quantitative estimate of drug-likeness (QED) is 0.528. The molecule has 6 nitrogen and oxygen atoms in total. The first-order chi connectivity index (χ1) is 13.2. The highest BCUT2D eigenvalue weighted by atomic mass is 32.1. The Hall–Kier alpha value is -3.32. The summed E-state index contributed by atoms with van der Waals surface area (Å²) in [6.07, 6.45) is 4.52. The van der Waals surface area contributed by atoms with Gasteiger partial charge in [-0.25, -0.2) is 9.97 Å². The minimum Gasteiger partial charge on any atom is -0.497 e. The molecule has 0 aliphatic rings. The van der Waals surface area contributed by atoms with E-state index in [9.17, 15) is 4.79 Å². The van der Waals surface area contributed by atoms with Crippen molar-refractivity contribution in [3.05, 3.63) is 78.4 Å². The molecule has 7 heteroatoms. The number of anilines is 1. The lowest BCUT2D eigenvalue weighted by Gasteiger charge is -2.19. The van der Waals surface area contributed by atoms with E-state index in [0.717, 1.165) is 21.5 Å². The summed E-state index contributed by atoms with van der Waals surface area (Å²) in [6, 6.07) is 15.5. The van der Waals surface area contributed by atoms with Crippen LogP contribution in [-0.2, 0) is 6.54 Å². The molecule has 0 aliphatic heterocycles. The first-order valence-corrected chi connectivity index (χ1v) is 9.12. The third-order valence-electron chi connectivity index (χ3n) is 4.03. The van der Waals surface area contributed by atoms with Gasteiger partial charge in [-0.05, 0) is 17.7 Å². The molecule has 134 valence electrons. The minimum absolute atomic E-state index is 0.238. The molecular formula is C20H16N4O2S. The molecule has 2 aromatic carbocycles. The van der Waals surface area contributed by atoms with E-state index in [1.807, 2.05) is 48.5 Å². The fourth-order valence-corrected chi connectivity index (χ4v) is 3.62. The molecule has 0 bridgehead atoms. The lowest BCUT2D eigenvalue weighted by molar-refractivity contribution is 0.0980. The van der Waals surface area contributed by atoms with Crippen LogP contribution in [0.5, 0.6) is 5.75 Å². The van der Waals surface area contributed by atoms with E-state index in [2.05, 4.69) is 15.0 Å². The number of hydrogen-bond donors (Lipinski definition) is 0. The number of amides is 1. The first kappa shape index (κ1) is 17.1. The number of methoxy groups -OCH3 is 1. The molecule has 4 aromatic rings. The second-order valence-electron chi connectivity index (χ2n) is 5.80. The number of fused-ring (bicyclic) bond motifs is 1. The van der Waals surface area contributed by atoms with Crippen LogP contribution in [0.15, 0.2) is 67.1 Å². The molecule has 0 N–H and O–H groups in total. The second kappa shape index (κ2) is 7.51. The second-order valence-corrected chi connectivity index (χ2v) is 6.81. The lowest BCUT2D eigenvalue weighted by atomic mass is 10.2. The molecular weight excluding hydrogens is 360 g/mol. The van der Waals surface area contributed by atoms with E-state index in [0.29, 0.717) is 11.7 Å². The molecule has 0 aliphatic carbocycles. The molecule has 0 unspecified atom stereocenters. The van der Waals surface area contributed by atoms with Gasteiger partial charge >= 0.3 is 0 Å². The standard InChI is InChI=1S/C20H16N4O2S/c1-26-15-7-8-18-16(11-15)23-20(27-18)24(13-14-5-3-2-4-6-14)19(25)17-12-21-9-10-22-17/h2-12H,13H2,1H3. The largest absolute Gasteiger partial charge is 0.497 e. The highest BCUT2D eigenvalue weighted by molar-refractivity contribution is 7.22. The van der Waals surface area contributed by atoms with Gasteiger partial charge in [0.1, 0.15) is 11.4 Å². The Morgan fingerprint density at radius 1 is 1.15 bits per heavy atom. The highest BCUT2D eigenvalue weighted by Crippen LogP contribution is 2.32. The Morgan fingerprint density at radius 3 is 2.74 bits per heavy atom. The molecule has 0 atom stereocenters. The molecule has 0 saturated carbocycles. The summed E-state index contributed by atoms with van der Waals surface area (Å²) >= 11 is 1.46. The molecule has 27 heavy (non-hydrogen) atoms. The van der Waals surface area contributed by atoms with Crippen LogP contribution in [0.3, 0.4) is 0 Å². The Kier molecular flexibility index (Phi) is 4.76. The predicted octanol–water partition coefficient (Wildman–Crippen LogP) is 3.94. The number of carbonyl (C=O) groups excluding carboxylic acids is 1. The summed E-state index contributed by atoms with van der Waals surface area (Å²) in [5.41, 5.74) is 2.08. The first-order valence-electron chi connectivity index (χ1n) is 8.31. The van der Waals surface area contributed by atoms with E-state index in [-0.39, 0.29) is 11.6 Å². The van der Waals surface area contributed by atoms with Crippen LogP contribution < -0.4 is 9.64 Å². The average Bonchev–Trinajstić information content (AvgIpc) is 3.15. The summed E-state index contributed by atoms with van der Waals surface area (Å²) < 4.78 is 6.25. The Bertz CT molecular complexity index is 1070. The van der Waals surface area contributed by atoms with Crippen molar-refractivity contribution in [1.29, 1.82) is 0 Å². The Balaban J connectivity index is 1.76. The van der Waals surface area contributed by atoms with E-state index in [1.54, 1.807) is 18.2 Å². The molecule has 0 radical (unpaired) electrons. The summed E-state index contributed by atoms with van der Waals surface area (Å²) in [6.45, 7) is 0.396. The van der Waals surface area contributed by atoms with Gasteiger partial charge in [0, 0.05) is 18.5 Å². The summed E-state index contributed by atoms with van der Waals surface area (Å²) in [5, 5.41) is 0.609. The van der Waals surface area contributed by atoms with Gasteiger partial charge in [0.25, 0.3) is 5.91 Å². The number of benzene rings is 2. The van der Waals surface area contributed by atoms with Crippen molar-refractivity contribution in [1.82, 2.24) is 15.0 Å². The van der Waals surface area contributed by atoms with E-state index in [4.69, 9.17) is 4.74 Å². The summed E-state index contributed by atoms with van der Waals surface area (Å²) in [7, 11) is 1.62. The maximum absolute atomic E-state index is 13.1. The molecule has 2 heterocycles. The van der Waals surface area contributed by atoms with Gasteiger partial charge in [-0.1, -0.05) is 41.7 Å². The fourth-order valence-electron chi connectivity index (χ4n) is 2.68. The van der Waals surface area contributed by atoms with E-state index in [1.165, 1.54) is 23.7 Å². The number of carbonyl (C=O) groups is 1. The van der Waals surface area contributed by atoms with Crippen molar-refractivity contribution in [3.8, 4) is 5.75 Å². The summed E-state index contributed by atoms with van der Waals surface area (Å²) in [4.78, 5) is 27.6. The number of thiazole rings is 1. The molecule has 4 rings (SSSR count). The molecule has 0 fully saturated rings. The van der Waals surface area contributed by atoms with Gasteiger partial charge in [0.05, 0.1) is 30.1 Å². The van der Waals surface area contributed by atoms with Crippen LogP contribution >= 0.6 is 11.3 Å². The van der Waals surface area contributed by atoms with Gasteiger partial charge in [-0.3, -0.25) is 14.7 Å². The third kappa shape index (κ3) is 3.63. The zero-order valence-electron chi connectivity index (χ0n) is 14.6. The highest BCUT2D eigenvalue weighted by Gasteiger charge is 2.23.